The summed E-state index contributed by atoms with van der Waals surface area (Å²) in [4.78, 5) is 17.5. The number of rotatable bonds is 5. The highest BCUT2D eigenvalue weighted by molar-refractivity contribution is 5.93. The predicted octanol–water partition coefficient (Wildman–Crippen LogP) is 2.51. The van der Waals surface area contributed by atoms with Gasteiger partial charge in [0.05, 0.1) is 5.52 Å². The number of fused-ring (bicyclic) bond motifs is 1. The molecule has 0 saturated heterocycles. The van der Waals surface area contributed by atoms with Crippen molar-refractivity contribution >= 4 is 22.5 Å². The normalized spacial score (nSPS) is 10.6. The number of benzene rings is 1. The van der Waals surface area contributed by atoms with Crippen LogP contribution in [-0.4, -0.2) is 31.0 Å². The van der Waals surface area contributed by atoms with Gasteiger partial charge in [-0.2, -0.15) is 0 Å². The molecule has 20 heavy (non-hydrogen) atoms. The van der Waals surface area contributed by atoms with E-state index in [0.29, 0.717) is 6.54 Å². The van der Waals surface area contributed by atoms with Crippen LogP contribution in [0.1, 0.15) is 18.9 Å². The van der Waals surface area contributed by atoms with E-state index in [1.165, 1.54) is 16.6 Å². The number of hydrogen-bond acceptors (Lipinski definition) is 3. The van der Waals surface area contributed by atoms with Gasteiger partial charge in [0.15, 0.2) is 0 Å². The minimum absolute atomic E-state index is 0.0256. The zero-order valence-electron chi connectivity index (χ0n) is 12.3. The number of nitrogens with one attached hydrogen (secondary N) is 1. The number of anilines is 1. The van der Waals surface area contributed by atoms with E-state index >= 15 is 0 Å². The lowest BCUT2D eigenvalue weighted by Crippen LogP contribution is -2.26. The number of amides is 1. The summed E-state index contributed by atoms with van der Waals surface area (Å²) in [6.07, 6.45) is 2.78. The third-order valence-electron chi connectivity index (χ3n) is 3.41. The Labute approximate surface area is 119 Å². The fourth-order valence-corrected chi connectivity index (χ4v) is 2.34. The fraction of sp³-hybridized carbons (Fsp3) is 0.375. The van der Waals surface area contributed by atoms with Gasteiger partial charge < -0.3 is 10.2 Å². The summed E-state index contributed by atoms with van der Waals surface area (Å²) < 4.78 is 0. The van der Waals surface area contributed by atoms with Crippen molar-refractivity contribution in [2.24, 2.45) is 0 Å². The van der Waals surface area contributed by atoms with Crippen molar-refractivity contribution in [3.05, 3.63) is 36.0 Å². The van der Waals surface area contributed by atoms with Gasteiger partial charge in [0.25, 0.3) is 0 Å². The third kappa shape index (κ3) is 3.26. The molecule has 1 amide bonds. The van der Waals surface area contributed by atoms with Crippen molar-refractivity contribution in [2.75, 3.05) is 25.0 Å². The SMILES string of the molecule is CC(=O)NCCCN(C)c1ccnc2c(C)cccc12. The van der Waals surface area contributed by atoms with Crippen molar-refractivity contribution in [1.82, 2.24) is 10.3 Å². The molecule has 4 heteroatoms. The average molecular weight is 271 g/mol. The maximum Gasteiger partial charge on any atom is 0.216 e. The lowest BCUT2D eigenvalue weighted by Gasteiger charge is -2.21. The highest BCUT2D eigenvalue weighted by Gasteiger charge is 2.07. The molecule has 1 aromatic carbocycles. The zero-order valence-corrected chi connectivity index (χ0v) is 12.3. The third-order valence-corrected chi connectivity index (χ3v) is 3.41. The lowest BCUT2D eigenvalue weighted by molar-refractivity contribution is -0.118. The zero-order chi connectivity index (χ0) is 14.5. The first kappa shape index (κ1) is 14.3. The summed E-state index contributed by atoms with van der Waals surface area (Å²) >= 11 is 0. The molecule has 0 aliphatic carbocycles. The number of aromatic nitrogens is 1. The number of hydrogen-bond donors (Lipinski definition) is 1. The lowest BCUT2D eigenvalue weighted by atomic mass is 10.1. The van der Waals surface area contributed by atoms with Crippen LogP contribution in [-0.2, 0) is 4.79 Å². The van der Waals surface area contributed by atoms with E-state index in [1.54, 1.807) is 6.92 Å². The van der Waals surface area contributed by atoms with E-state index in [0.717, 1.165) is 18.5 Å². The van der Waals surface area contributed by atoms with Crippen LogP contribution in [0.5, 0.6) is 0 Å². The van der Waals surface area contributed by atoms with E-state index < -0.39 is 0 Å². The van der Waals surface area contributed by atoms with E-state index in [2.05, 4.69) is 47.4 Å². The summed E-state index contributed by atoms with van der Waals surface area (Å²) in [6, 6.07) is 8.29. The van der Waals surface area contributed by atoms with Crippen molar-refractivity contribution in [2.45, 2.75) is 20.3 Å². The summed E-state index contributed by atoms with van der Waals surface area (Å²) in [7, 11) is 2.07. The van der Waals surface area contributed by atoms with Gasteiger partial charge in [-0.25, -0.2) is 0 Å². The minimum atomic E-state index is 0.0256. The van der Waals surface area contributed by atoms with Crippen molar-refractivity contribution in [1.29, 1.82) is 0 Å². The van der Waals surface area contributed by atoms with Gasteiger partial charge >= 0.3 is 0 Å². The minimum Gasteiger partial charge on any atom is -0.374 e. The highest BCUT2D eigenvalue weighted by atomic mass is 16.1. The number of pyridine rings is 1. The molecule has 106 valence electrons. The number of para-hydroxylation sites is 1. The summed E-state index contributed by atoms with van der Waals surface area (Å²) in [6.45, 7) is 5.23. The van der Waals surface area contributed by atoms with Gasteiger partial charge in [-0.3, -0.25) is 9.78 Å². The molecule has 0 radical (unpaired) electrons. The highest BCUT2D eigenvalue weighted by Crippen LogP contribution is 2.26. The maximum atomic E-state index is 10.8. The van der Waals surface area contributed by atoms with Gasteiger partial charge in [0.1, 0.15) is 0 Å². The molecule has 2 rings (SSSR count). The molecular formula is C16H21N3O. The standard InChI is InChI=1S/C16H21N3O/c1-12-6-4-7-14-15(8-10-18-16(12)14)19(3)11-5-9-17-13(2)20/h4,6-8,10H,5,9,11H2,1-3H3,(H,17,20). The molecule has 0 aliphatic heterocycles. The molecule has 0 saturated carbocycles. The van der Waals surface area contributed by atoms with E-state index in [-0.39, 0.29) is 5.91 Å². The Morgan fingerprint density at radius 1 is 1.35 bits per heavy atom. The topological polar surface area (TPSA) is 45.2 Å². The number of carbonyl (C=O) groups excluding carboxylic acids is 1. The second kappa shape index (κ2) is 6.37. The monoisotopic (exact) mass is 271 g/mol. The van der Waals surface area contributed by atoms with Gasteiger partial charge in [0, 0.05) is 44.3 Å². The van der Waals surface area contributed by atoms with Gasteiger partial charge in [-0.15, -0.1) is 0 Å². The Morgan fingerprint density at radius 2 is 2.15 bits per heavy atom. The molecule has 0 unspecified atom stereocenters. The summed E-state index contributed by atoms with van der Waals surface area (Å²) in [5.74, 6) is 0.0256. The van der Waals surface area contributed by atoms with Crippen LogP contribution < -0.4 is 10.2 Å². The Balaban J connectivity index is 2.12. The van der Waals surface area contributed by atoms with Gasteiger partial charge in [-0.05, 0) is 25.0 Å². The number of carbonyl (C=O) groups is 1. The van der Waals surface area contributed by atoms with Crippen LogP contribution >= 0.6 is 0 Å². The molecule has 1 heterocycles. The maximum absolute atomic E-state index is 10.8. The van der Waals surface area contributed by atoms with Crippen LogP contribution in [0.15, 0.2) is 30.5 Å². The van der Waals surface area contributed by atoms with Crippen LogP contribution in [0.3, 0.4) is 0 Å². The second-order valence-electron chi connectivity index (χ2n) is 5.06. The first-order valence-electron chi connectivity index (χ1n) is 6.89. The molecule has 1 N–H and O–H groups in total. The van der Waals surface area contributed by atoms with Crippen LogP contribution in [0.2, 0.25) is 0 Å². The molecule has 0 atom stereocenters. The van der Waals surface area contributed by atoms with Crippen molar-refractivity contribution in [3.8, 4) is 0 Å². The summed E-state index contributed by atoms with van der Waals surface area (Å²) in [5, 5.41) is 4.00. The van der Waals surface area contributed by atoms with Crippen LogP contribution in [0.25, 0.3) is 10.9 Å². The molecule has 0 bridgehead atoms. The molecule has 0 spiro atoms. The molecule has 4 nitrogen and oxygen atoms in total. The quantitative estimate of drug-likeness (QED) is 0.850. The second-order valence-corrected chi connectivity index (χ2v) is 5.06. The smallest absolute Gasteiger partial charge is 0.216 e. The molecule has 1 aromatic heterocycles. The van der Waals surface area contributed by atoms with Crippen molar-refractivity contribution < 1.29 is 4.79 Å². The number of nitrogens with zero attached hydrogens (tertiary/aromatic N) is 2. The Kier molecular flexibility index (Phi) is 4.56. The van der Waals surface area contributed by atoms with Gasteiger partial charge in [-0.1, -0.05) is 18.2 Å². The summed E-state index contributed by atoms with van der Waals surface area (Å²) in [5.41, 5.74) is 3.43. The Hall–Kier alpha value is -2.10. The molecule has 0 fully saturated rings. The first-order chi connectivity index (χ1) is 9.59. The van der Waals surface area contributed by atoms with Crippen LogP contribution in [0, 0.1) is 6.92 Å². The number of aryl methyl sites for hydroxylation is 1. The average Bonchev–Trinajstić information content (AvgIpc) is 2.43. The van der Waals surface area contributed by atoms with Crippen molar-refractivity contribution in [3.63, 3.8) is 0 Å². The molecule has 2 aromatic rings. The van der Waals surface area contributed by atoms with E-state index in [4.69, 9.17) is 0 Å². The van der Waals surface area contributed by atoms with E-state index in [1.807, 2.05) is 12.3 Å². The Morgan fingerprint density at radius 3 is 2.90 bits per heavy atom. The Bertz CT molecular complexity index is 610. The first-order valence-corrected chi connectivity index (χ1v) is 6.89. The predicted molar refractivity (Wildman–Crippen MR) is 83.1 cm³/mol. The van der Waals surface area contributed by atoms with Gasteiger partial charge in [0.2, 0.25) is 5.91 Å². The largest absolute Gasteiger partial charge is 0.374 e. The molecule has 0 aliphatic rings. The van der Waals surface area contributed by atoms with Crippen LogP contribution in [0.4, 0.5) is 5.69 Å². The fourth-order valence-electron chi connectivity index (χ4n) is 2.34. The molecular weight excluding hydrogens is 250 g/mol. The van der Waals surface area contributed by atoms with E-state index in [9.17, 15) is 4.79 Å².